The maximum atomic E-state index is 12.6. The summed E-state index contributed by atoms with van der Waals surface area (Å²) in [5.74, 6) is 0.702. The van der Waals surface area contributed by atoms with Crippen molar-refractivity contribution in [1.82, 2.24) is 0 Å². The van der Waals surface area contributed by atoms with Crippen molar-refractivity contribution in [3.05, 3.63) is 58.6 Å². The molecule has 4 heteroatoms. The average Bonchev–Trinajstić information content (AvgIpc) is 2.46. The first-order chi connectivity index (χ1) is 9.19. The third-order valence-electron chi connectivity index (χ3n) is 2.77. The largest absolute Gasteiger partial charge is 0.496 e. The molecule has 2 aromatic rings. The zero-order valence-corrected chi connectivity index (χ0v) is 11.4. The van der Waals surface area contributed by atoms with Gasteiger partial charge in [-0.1, -0.05) is 29.8 Å². The van der Waals surface area contributed by atoms with Gasteiger partial charge in [0.1, 0.15) is 17.1 Å². The second-order valence-corrected chi connectivity index (χ2v) is 4.25. The van der Waals surface area contributed by atoms with Crippen LogP contribution >= 0.6 is 11.6 Å². The molecule has 2 rings (SSSR count). The number of methoxy groups -OCH3 is 2. The van der Waals surface area contributed by atoms with Crippen LogP contribution < -0.4 is 9.47 Å². The molecule has 0 unspecified atom stereocenters. The summed E-state index contributed by atoms with van der Waals surface area (Å²) in [7, 11) is 3.02. The van der Waals surface area contributed by atoms with E-state index in [9.17, 15) is 4.79 Å². The van der Waals surface area contributed by atoms with Gasteiger partial charge in [0, 0.05) is 5.56 Å². The van der Waals surface area contributed by atoms with E-state index in [0.29, 0.717) is 27.6 Å². The number of rotatable bonds is 4. The quantitative estimate of drug-likeness (QED) is 0.801. The minimum atomic E-state index is -0.222. The highest BCUT2D eigenvalue weighted by atomic mass is 35.5. The first-order valence-electron chi connectivity index (χ1n) is 5.69. The lowest BCUT2D eigenvalue weighted by atomic mass is 10.0. The summed E-state index contributed by atoms with van der Waals surface area (Å²) >= 11 is 6.06. The van der Waals surface area contributed by atoms with Crippen LogP contribution in [0.15, 0.2) is 42.5 Å². The molecule has 0 bridgehead atoms. The minimum absolute atomic E-state index is 0.222. The fraction of sp³-hybridized carbons (Fsp3) is 0.133. The zero-order valence-electron chi connectivity index (χ0n) is 10.6. The number of ether oxygens (including phenoxy) is 2. The number of carbonyl (C=O) groups is 1. The van der Waals surface area contributed by atoms with E-state index in [0.717, 1.165) is 0 Å². The first-order valence-corrected chi connectivity index (χ1v) is 6.07. The van der Waals surface area contributed by atoms with Crippen LogP contribution in [0.3, 0.4) is 0 Å². The third kappa shape index (κ3) is 2.56. The maximum absolute atomic E-state index is 12.6. The highest BCUT2D eigenvalue weighted by molar-refractivity contribution is 6.35. The highest BCUT2D eigenvalue weighted by Gasteiger charge is 2.21. The molecule has 0 aliphatic carbocycles. The predicted octanol–water partition coefficient (Wildman–Crippen LogP) is 3.59. The molecule has 0 radical (unpaired) electrons. The molecule has 0 amide bonds. The van der Waals surface area contributed by atoms with Crippen LogP contribution in [-0.4, -0.2) is 20.0 Å². The fourth-order valence-corrected chi connectivity index (χ4v) is 2.08. The summed E-state index contributed by atoms with van der Waals surface area (Å²) in [4.78, 5) is 12.6. The number of carbonyl (C=O) groups excluding carboxylic acids is 1. The summed E-state index contributed by atoms with van der Waals surface area (Å²) in [5, 5.41) is 0.403. The van der Waals surface area contributed by atoms with Gasteiger partial charge in [0.2, 0.25) is 5.78 Å². The Bertz CT molecular complexity index is 586. The molecule has 0 atom stereocenters. The van der Waals surface area contributed by atoms with Gasteiger partial charge in [-0.15, -0.1) is 0 Å². The number of ketones is 1. The highest BCUT2D eigenvalue weighted by Crippen LogP contribution is 2.32. The lowest BCUT2D eigenvalue weighted by Gasteiger charge is -2.12. The van der Waals surface area contributed by atoms with Crippen molar-refractivity contribution in [3.63, 3.8) is 0 Å². The Kier molecular flexibility index (Phi) is 4.07. The summed E-state index contributed by atoms with van der Waals surface area (Å²) in [6, 6.07) is 12.1. The summed E-state index contributed by atoms with van der Waals surface area (Å²) in [6.45, 7) is 0. The molecule has 3 nitrogen and oxygen atoms in total. The SMILES string of the molecule is COc1cccc(OC)c1C(=O)c1ccccc1Cl. The van der Waals surface area contributed by atoms with Crippen LogP contribution in [-0.2, 0) is 0 Å². The molecule has 0 aromatic heterocycles. The molecule has 0 fully saturated rings. The minimum Gasteiger partial charge on any atom is -0.496 e. The molecular formula is C15H13ClO3. The van der Waals surface area contributed by atoms with Crippen molar-refractivity contribution >= 4 is 17.4 Å². The van der Waals surface area contributed by atoms with Crippen LogP contribution in [0.1, 0.15) is 15.9 Å². The van der Waals surface area contributed by atoms with Crippen molar-refractivity contribution in [1.29, 1.82) is 0 Å². The van der Waals surface area contributed by atoms with Crippen molar-refractivity contribution < 1.29 is 14.3 Å². The first kappa shape index (κ1) is 13.4. The average molecular weight is 277 g/mol. The monoisotopic (exact) mass is 276 g/mol. The normalized spacial score (nSPS) is 10.1. The molecule has 98 valence electrons. The van der Waals surface area contributed by atoms with E-state index < -0.39 is 0 Å². The summed E-state index contributed by atoms with van der Waals surface area (Å²) < 4.78 is 10.5. The van der Waals surface area contributed by atoms with Crippen LogP contribution in [0, 0.1) is 0 Å². The standard InChI is InChI=1S/C15H13ClO3/c1-18-12-8-5-9-13(19-2)14(12)15(17)10-6-3-4-7-11(10)16/h3-9H,1-2H3. The number of halogens is 1. The Morgan fingerprint density at radius 1 is 0.947 bits per heavy atom. The van der Waals surface area contributed by atoms with Gasteiger partial charge >= 0.3 is 0 Å². The zero-order chi connectivity index (χ0) is 13.8. The molecular weight excluding hydrogens is 264 g/mol. The van der Waals surface area contributed by atoms with E-state index in [1.165, 1.54) is 14.2 Å². The Balaban J connectivity index is 2.58. The molecule has 19 heavy (non-hydrogen) atoms. The van der Waals surface area contributed by atoms with Crippen molar-refractivity contribution in [2.24, 2.45) is 0 Å². The Labute approximate surface area is 116 Å². The Morgan fingerprint density at radius 2 is 1.53 bits per heavy atom. The second-order valence-electron chi connectivity index (χ2n) is 3.85. The number of hydrogen-bond donors (Lipinski definition) is 0. The van der Waals surface area contributed by atoms with Crippen molar-refractivity contribution in [2.75, 3.05) is 14.2 Å². The van der Waals surface area contributed by atoms with E-state index in [4.69, 9.17) is 21.1 Å². The summed E-state index contributed by atoms with van der Waals surface area (Å²) in [6.07, 6.45) is 0. The number of hydrogen-bond acceptors (Lipinski definition) is 3. The van der Waals surface area contributed by atoms with Crippen LogP contribution in [0.25, 0.3) is 0 Å². The van der Waals surface area contributed by atoms with Gasteiger partial charge in [-0.2, -0.15) is 0 Å². The molecule has 0 aliphatic rings. The third-order valence-corrected chi connectivity index (χ3v) is 3.10. The van der Waals surface area contributed by atoms with Gasteiger partial charge in [-0.05, 0) is 24.3 Å². The molecule has 0 saturated heterocycles. The second kappa shape index (κ2) is 5.76. The van der Waals surface area contributed by atoms with Gasteiger partial charge in [-0.3, -0.25) is 4.79 Å². The van der Waals surface area contributed by atoms with E-state index in [2.05, 4.69) is 0 Å². The lowest BCUT2D eigenvalue weighted by Crippen LogP contribution is -2.07. The number of benzene rings is 2. The van der Waals surface area contributed by atoms with Gasteiger partial charge in [0.15, 0.2) is 0 Å². The molecule has 0 aliphatic heterocycles. The molecule has 0 saturated carbocycles. The van der Waals surface area contributed by atoms with E-state index >= 15 is 0 Å². The van der Waals surface area contributed by atoms with E-state index in [1.54, 1.807) is 42.5 Å². The lowest BCUT2D eigenvalue weighted by molar-refractivity contribution is 0.103. The van der Waals surface area contributed by atoms with Crippen molar-refractivity contribution in [2.45, 2.75) is 0 Å². The smallest absolute Gasteiger partial charge is 0.202 e. The van der Waals surface area contributed by atoms with Gasteiger partial charge in [0.25, 0.3) is 0 Å². The van der Waals surface area contributed by atoms with Gasteiger partial charge in [0.05, 0.1) is 19.2 Å². The topological polar surface area (TPSA) is 35.5 Å². The molecule has 0 N–H and O–H groups in total. The van der Waals surface area contributed by atoms with Crippen LogP contribution in [0.2, 0.25) is 5.02 Å². The summed E-state index contributed by atoms with van der Waals surface area (Å²) in [5.41, 5.74) is 0.799. The Morgan fingerprint density at radius 3 is 2.05 bits per heavy atom. The van der Waals surface area contributed by atoms with E-state index in [-0.39, 0.29) is 5.78 Å². The van der Waals surface area contributed by atoms with Crippen molar-refractivity contribution in [3.8, 4) is 11.5 Å². The Hall–Kier alpha value is -2.00. The fourth-order valence-electron chi connectivity index (χ4n) is 1.86. The van der Waals surface area contributed by atoms with Gasteiger partial charge in [-0.25, -0.2) is 0 Å². The van der Waals surface area contributed by atoms with Gasteiger partial charge < -0.3 is 9.47 Å². The molecule has 2 aromatic carbocycles. The predicted molar refractivity (Wildman–Crippen MR) is 74.4 cm³/mol. The molecule has 0 spiro atoms. The van der Waals surface area contributed by atoms with Crippen LogP contribution in [0.5, 0.6) is 11.5 Å². The van der Waals surface area contributed by atoms with E-state index in [1.807, 2.05) is 0 Å². The maximum Gasteiger partial charge on any atom is 0.202 e. The van der Waals surface area contributed by atoms with Crippen LogP contribution in [0.4, 0.5) is 0 Å². The molecule has 0 heterocycles.